The number of aliphatic hydroxyl groups is 1. The zero-order valence-corrected chi connectivity index (χ0v) is 13.1. The van der Waals surface area contributed by atoms with Crippen molar-refractivity contribution in [2.45, 2.75) is 12.5 Å². The van der Waals surface area contributed by atoms with Crippen molar-refractivity contribution < 1.29 is 14.6 Å². The van der Waals surface area contributed by atoms with Gasteiger partial charge >= 0.3 is 0 Å². The molecule has 0 bridgehead atoms. The first-order chi connectivity index (χ1) is 10.8. The van der Waals surface area contributed by atoms with Crippen LogP contribution in [0.25, 0.3) is 0 Å². The Balaban J connectivity index is 2.13. The number of ether oxygens (including phenoxy) is 2. The maximum absolute atomic E-state index is 9.08. The van der Waals surface area contributed by atoms with Crippen LogP contribution >= 0.6 is 0 Å². The number of benzene rings is 2. The van der Waals surface area contributed by atoms with Crippen molar-refractivity contribution in [3.05, 3.63) is 59.7 Å². The van der Waals surface area contributed by atoms with Gasteiger partial charge in [0.25, 0.3) is 0 Å². The predicted octanol–water partition coefficient (Wildman–Crippen LogP) is 2.57. The van der Waals surface area contributed by atoms with Gasteiger partial charge in [0.15, 0.2) is 0 Å². The Morgan fingerprint density at radius 2 is 1.45 bits per heavy atom. The number of hydrogen-bond donors (Lipinski definition) is 2. The molecule has 0 radical (unpaired) electrons. The third-order valence-corrected chi connectivity index (χ3v) is 3.62. The first-order valence-electron chi connectivity index (χ1n) is 7.38. The molecule has 2 aromatic carbocycles. The van der Waals surface area contributed by atoms with Crippen molar-refractivity contribution in [2.24, 2.45) is 0 Å². The largest absolute Gasteiger partial charge is 0.497 e. The molecule has 118 valence electrons. The summed E-state index contributed by atoms with van der Waals surface area (Å²) in [6.45, 7) is 0.683. The van der Waals surface area contributed by atoms with E-state index in [1.807, 2.05) is 24.3 Å². The maximum atomic E-state index is 9.08. The minimum absolute atomic E-state index is 0.120. The normalized spacial score (nSPS) is 12.0. The molecular formula is C18H23NO3. The summed E-state index contributed by atoms with van der Waals surface area (Å²) < 4.78 is 10.4. The minimum Gasteiger partial charge on any atom is -0.497 e. The smallest absolute Gasteiger partial charge is 0.118 e. The van der Waals surface area contributed by atoms with E-state index >= 15 is 0 Å². The highest BCUT2D eigenvalue weighted by molar-refractivity contribution is 5.32. The van der Waals surface area contributed by atoms with Crippen molar-refractivity contribution in [3.8, 4) is 11.5 Å². The lowest BCUT2D eigenvalue weighted by Crippen LogP contribution is -2.26. The van der Waals surface area contributed by atoms with Gasteiger partial charge in [-0.2, -0.15) is 0 Å². The molecule has 2 aromatic rings. The average molecular weight is 301 g/mol. The number of aliphatic hydroxyl groups excluding tert-OH is 1. The van der Waals surface area contributed by atoms with E-state index in [-0.39, 0.29) is 12.6 Å². The summed E-state index contributed by atoms with van der Waals surface area (Å²) >= 11 is 0. The van der Waals surface area contributed by atoms with E-state index in [9.17, 15) is 0 Å². The molecule has 0 saturated carbocycles. The highest BCUT2D eigenvalue weighted by Gasteiger charge is 2.12. The topological polar surface area (TPSA) is 50.7 Å². The van der Waals surface area contributed by atoms with Gasteiger partial charge in [0.1, 0.15) is 11.5 Å². The zero-order valence-electron chi connectivity index (χ0n) is 13.1. The molecule has 2 N–H and O–H groups in total. The minimum atomic E-state index is 0.120. The second-order valence-corrected chi connectivity index (χ2v) is 5.06. The monoisotopic (exact) mass is 301 g/mol. The summed E-state index contributed by atoms with van der Waals surface area (Å²) in [7, 11) is 3.33. The molecule has 0 aliphatic heterocycles. The van der Waals surface area contributed by atoms with Crippen LogP contribution in [0.2, 0.25) is 0 Å². The first-order valence-corrected chi connectivity index (χ1v) is 7.38. The van der Waals surface area contributed by atoms with Crippen LogP contribution in [0.5, 0.6) is 11.5 Å². The zero-order chi connectivity index (χ0) is 15.8. The highest BCUT2D eigenvalue weighted by Crippen LogP contribution is 2.22. The molecule has 4 nitrogen and oxygen atoms in total. The van der Waals surface area contributed by atoms with Crippen LogP contribution in [0.15, 0.2) is 48.5 Å². The molecule has 0 amide bonds. The lowest BCUT2D eigenvalue weighted by molar-refractivity contribution is 0.284. The van der Waals surface area contributed by atoms with Gasteiger partial charge in [-0.05, 0) is 41.8 Å². The van der Waals surface area contributed by atoms with Crippen LogP contribution in [0.4, 0.5) is 0 Å². The molecular weight excluding hydrogens is 278 g/mol. The summed E-state index contributed by atoms with van der Waals surface area (Å²) in [5.41, 5.74) is 2.39. The summed E-state index contributed by atoms with van der Waals surface area (Å²) in [6, 6.07) is 16.2. The molecule has 2 rings (SSSR count). The molecule has 1 atom stereocenters. The van der Waals surface area contributed by atoms with Crippen LogP contribution in [-0.2, 0) is 6.42 Å². The van der Waals surface area contributed by atoms with Gasteiger partial charge < -0.3 is 19.9 Å². The Hall–Kier alpha value is -2.04. The molecule has 0 saturated heterocycles. The molecule has 0 fully saturated rings. The Bertz CT molecular complexity index is 552. The highest BCUT2D eigenvalue weighted by atomic mass is 16.5. The van der Waals surface area contributed by atoms with Gasteiger partial charge in [-0.25, -0.2) is 0 Å². The molecule has 1 unspecified atom stereocenters. The van der Waals surface area contributed by atoms with Crippen LogP contribution < -0.4 is 14.8 Å². The lowest BCUT2D eigenvalue weighted by Gasteiger charge is -2.19. The first kappa shape index (κ1) is 16.3. The van der Waals surface area contributed by atoms with Crippen molar-refractivity contribution in [2.75, 3.05) is 27.4 Å². The Morgan fingerprint density at radius 3 is 1.95 bits per heavy atom. The number of methoxy groups -OCH3 is 2. The molecule has 0 spiro atoms. The second kappa shape index (κ2) is 8.41. The van der Waals surface area contributed by atoms with E-state index in [1.165, 1.54) is 11.1 Å². The fourth-order valence-corrected chi connectivity index (χ4v) is 2.38. The van der Waals surface area contributed by atoms with E-state index in [1.54, 1.807) is 14.2 Å². The maximum Gasteiger partial charge on any atom is 0.118 e. The van der Waals surface area contributed by atoms with Gasteiger partial charge in [-0.15, -0.1) is 0 Å². The fourth-order valence-electron chi connectivity index (χ4n) is 2.38. The number of nitrogens with one attached hydrogen (secondary N) is 1. The molecule has 0 aromatic heterocycles. The Kier molecular flexibility index (Phi) is 6.25. The van der Waals surface area contributed by atoms with Gasteiger partial charge in [-0.3, -0.25) is 0 Å². The summed E-state index contributed by atoms with van der Waals surface area (Å²) in [5, 5.41) is 12.5. The van der Waals surface area contributed by atoms with Crippen LogP contribution in [0.1, 0.15) is 17.2 Å². The standard InChI is InChI=1S/C18H23NO3/c1-21-16-7-3-14(4-8-16)13-18(19-11-12-20)15-5-9-17(22-2)10-6-15/h3-10,18-20H,11-13H2,1-2H3. The van der Waals surface area contributed by atoms with E-state index < -0.39 is 0 Å². The van der Waals surface area contributed by atoms with Crippen LogP contribution in [-0.4, -0.2) is 32.5 Å². The van der Waals surface area contributed by atoms with Crippen molar-refractivity contribution in [1.29, 1.82) is 0 Å². The van der Waals surface area contributed by atoms with Gasteiger partial charge in [-0.1, -0.05) is 24.3 Å². The Morgan fingerprint density at radius 1 is 0.909 bits per heavy atom. The Labute approximate surface area is 131 Å². The third kappa shape index (κ3) is 4.48. The quantitative estimate of drug-likeness (QED) is 0.787. The molecule has 0 heterocycles. The number of rotatable bonds is 8. The van der Waals surface area contributed by atoms with Crippen LogP contribution in [0, 0.1) is 0 Å². The molecule has 0 aliphatic rings. The lowest BCUT2D eigenvalue weighted by atomic mass is 9.98. The van der Waals surface area contributed by atoms with Crippen LogP contribution in [0.3, 0.4) is 0 Å². The van der Waals surface area contributed by atoms with E-state index in [4.69, 9.17) is 14.6 Å². The number of hydrogen-bond acceptors (Lipinski definition) is 4. The summed E-state index contributed by atoms with van der Waals surface area (Å²) in [4.78, 5) is 0. The molecule has 0 aliphatic carbocycles. The van der Waals surface area contributed by atoms with Gasteiger partial charge in [0.2, 0.25) is 0 Å². The SMILES string of the molecule is COc1ccc(CC(NCCO)c2ccc(OC)cc2)cc1. The van der Waals surface area contributed by atoms with E-state index in [2.05, 4.69) is 29.6 Å². The molecule has 22 heavy (non-hydrogen) atoms. The van der Waals surface area contributed by atoms with Gasteiger partial charge in [0, 0.05) is 12.6 Å². The molecule has 4 heteroatoms. The van der Waals surface area contributed by atoms with Crippen molar-refractivity contribution >= 4 is 0 Å². The third-order valence-electron chi connectivity index (χ3n) is 3.62. The predicted molar refractivity (Wildman–Crippen MR) is 87.5 cm³/mol. The summed E-state index contributed by atoms with van der Waals surface area (Å²) in [6.07, 6.45) is 0.844. The van der Waals surface area contributed by atoms with E-state index in [0.717, 1.165) is 17.9 Å². The van der Waals surface area contributed by atoms with Gasteiger partial charge in [0.05, 0.1) is 20.8 Å². The second-order valence-electron chi connectivity index (χ2n) is 5.06. The fraction of sp³-hybridized carbons (Fsp3) is 0.333. The average Bonchev–Trinajstić information content (AvgIpc) is 2.59. The van der Waals surface area contributed by atoms with Crippen molar-refractivity contribution in [1.82, 2.24) is 5.32 Å². The summed E-state index contributed by atoms with van der Waals surface area (Å²) in [5.74, 6) is 1.70. The van der Waals surface area contributed by atoms with E-state index in [0.29, 0.717) is 6.54 Å². The van der Waals surface area contributed by atoms with Crippen molar-refractivity contribution in [3.63, 3.8) is 0 Å².